The molecule has 1 saturated carbocycles. The fourth-order valence-corrected chi connectivity index (χ4v) is 3.89. The predicted octanol–water partition coefficient (Wildman–Crippen LogP) is 3.60. The molecule has 1 N–H and O–H groups in total. The first-order valence-electron chi connectivity index (χ1n) is 8.39. The first-order valence-corrected chi connectivity index (χ1v) is 8.39. The van der Waals surface area contributed by atoms with Crippen molar-refractivity contribution in [2.45, 2.75) is 51.1 Å². The number of piperazine rings is 1. The summed E-state index contributed by atoms with van der Waals surface area (Å²) >= 11 is 0. The van der Waals surface area contributed by atoms with Crippen LogP contribution in [0.25, 0.3) is 0 Å². The predicted molar refractivity (Wildman–Crippen MR) is 84.8 cm³/mol. The van der Waals surface area contributed by atoms with E-state index in [1.807, 2.05) is 0 Å². The van der Waals surface area contributed by atoms with Crippen molar-refractivity contribution in [3.63, 3.8) is 0 Å². The number of rotatable bonds is 4. The molecular formula is C18H28N2. The van der Waals surface area contributed by atoms with Crippen LogP contribution >= 0.6 is 0 Å². The average Bonchev–Trinajstić information content (AvgIpc) is 3.01. The lowest BCUT2D eigenvalue weighted by Crippen LogP contribution is -2.53. The molecule has 1 heterocycles. The Labute approximate surface area is 123 Å². The van der Waals surface area contributed by atoms with Gasteiger partial charge in [-0.15, -0.1) is 0 Å². The van der Waals surface area contributed by atoms with Crippen LogP contribution in [-0.2, 0) is 0 Å². The third-order valence-electron chi connectivity index (χ3n) is 5.14. The van der Waals surface area contributed by atoms with Gasteiger partial charge in [0.1, 0.15) is 0 Å². The zero-order valence-corrected chi connectivity index (χ0v) is 12.7. The summed E-state index contributed by atoms with van der Waals surface area (Å²) in [4.78, 5) is 2.76. The minimum atomic E-state index is 0.569. The normalized spacial score (nSPS) is 28.9. The molecule has 1 saturated heterocycles. The van der Waals surface area contributed by atoms with Gasteiger partial charge in [0.2, 0.25) is 0 Å². The Morgan fingerprint density at radius 1 is 1.15 bits per heavy atom. The first kappa shape index (κ1) is 14.1. The first-order chi connectivity index (χ1) is 9.86. The lowest BCUT2D eigenvalue weighted by molar-refractivity contribution is 0.109. The van der Waals surface area contributed by atoms with Gasteiger partial charge in [0.25, 0.3) is 0 Å². The van der Waals surface area contributed by atoms with Gasteiger partial charge >= 0.3 is 0 Å². The number of nitrogens with one attached hydrogen (secondary N) is 1. The van der Waals surface area contributed by atoms with Crippen molar-refractivity contribution in [3.05, 3.63) is 35.9 Å². The minimum absolute atomic E-state index is 0.569. The lowest BCUT2D eigenvalue weighted by atomic mass is 9.97. The monoisotopic (exact) mass is 272 g/mol. The summed E-state index contributed by atoms with van der Waals surface area (Å²) < 4.78 is 0. The van der Waals surface area contributed by atoms with Gasteiger partial charge in [-0.25, -0.2) is 0 Å². The molecule has 2 nitrogen and oxygen atoms in total. The Morgan fingerprint density at radius 2 is 1.90 bits per heavy atom. The smallest absolute Gasteiger partial charge is 0.0473 e. The van der Waals surface area contributed by atoms with Gasteiger partial charge in [-0.1, -0.05) is 50.1 Å². The van der Waals surface area contributed by atoms with E-state index in [0.29, 0.717) is 12.1 Å². The van der Waals surface area contributed by atoms with E-state index in [9.17, 15) is 0 Å². The highest BCUT2D eigenvalue weighted by atomic mass is 15.2. The van der Waals surface area contributed by atoms with Crippen molar-refractivity contribution in [3.8, 4) is 0 Å². The van der Waals surface area contributed by atoms with Gasteiger partial charge in [0.05, 0.1) is 0 Å². The van der Waals surface area contributed by atoms with E-state index in [1.165, 1.54) is 50.8 Å². The zero-order chi connectivity index (χ0) is 13.8. The summed E-state index contributed by atoms with van der Waals surface area (Å²) in [7, 11) is 0. The highest BCUT2D eigenvalue weighted by Gasteiger charge is 2.30. The molecule has 2 unspecified atom stereocenters. The van der Waals surface area contributed by atoms with E-state index < -0.39 is 0 Å². The maximum absolute atomic E-state index is 3.73. The van der Waals surface area contributed by atoms with Gasteiger partial charge in [-0.3, -0.25) is 4.90 Å². The van der Waals surface area contributed by atoms with Crippen molar-refractivity contribution in [2.24, 2.45) is 5.92 Å². The van der Waals surface area contributed by atoms with Crippen LogP contribution in [0.3, 0.4) is 0 Å². The maximum Gasteiger partial charge on any atom is 0.0473 e. The highest BCUT2D eigenvalue weighted by Crippen LogP contribution is 2.30. The van der Waals surface area contributed by atoms with E-state index in [2.05, 4.69) is 47.5 Å². The number of hydrogen-bond acceptors (Lipinski definition) is 2. The number of nitrogens with zero attached hydrogens (tertiary/aromatic N) is 1. The Bertz CT molecular complexity index is 397. The van der Waals surface area contributed by atoms with Gasteiger partial charge in [0.15, 0.2) is 0 Å². The molecule has 3 rings (SSSR count). The second-order valence-electron chi connectivity index (χ2n) is 6.54. The largest absolute Gasteiger partial charge is 0.311 e. The second kappa shape index (κ2) is 6.73. The topological polar surface area (TPSA) is 15.3 Å². The summed E-state index contributed by atoms with van der Waals surface area (Å²) in [6, 6.07) is 12.3. The van der Waals surface area contributed by atoms with Crippen molar-refractivity contribution in [2.75, 3.05) is 19.6 Å². The van der Waals surface area contributed by atoms with Gasteiger partial charge < -0.3 is 5.32 Å². The molecule has 1 aliphatic heterocycles. The molecular weight excluding hydrogens is 244 g/mol. The number of hydrogen-bond donors (Lipinski definition) is 1. The molecule has 0 amide bonds. The zero-order valence-electron chi connectivity index (χ0n) is 12.7. The van der Waals surface area contributed by atoms with Crippen LogP contribution in [0.15, 0.2) is 30.3 Å². The summed E-state index contributed by atoms with van der Waals surface area (Å²) in [6.07, 6.45) is 7.03. The third kappa shape index (κ3) is 3.24. The molecule has 0 bridgehead atoms. The van der Waals surface area contributed by atoms with E-state index in [-0.39, 0.29) is 0 Å². The van der Waals surface area contributed by atoms with Gasteiger partial charge in [-0.2, -0.15) is 0 Å². The van der Waals surface area contributed by atoms with Crippen molar-refractivity contribution in [1.29, 1.82) is 0 Å². The van der Waals surface area contributed by atoms with Gasteiger partial charge in [0, 0.05) is 31.7 Å². The van der Waals surface area contributed by atoms with Crippen LogP contribution in [0, 0.1) is 5.92 Å². The van der Waals surface area contributed by atoms with E-state index >= 15 is 0 Å². The molecule has 2 atom stereocenters. The molecule has 1 aliphatic carbocycles. The Balaban J connectivity index is 1.72. The summed E-state index contributed by atoms with van der Waals surface area (Å²) in [5.74, 6) is 0.941. The van der Waals surface area contributed by atoms with Crippen LogP contribution in [0.1, 0.15) is 50.6 Å². The summed E-state index contributed by atoms with van der Waals surface area (Å²) in [5, 5.41) is 3.73. The standard InChI is InChI=1S/C18H28N2/c1-2-17-14-20(13-15-8-6-7-9-15)18(12-19-17)16-10-4-3-5-11-16/h3-5,10-11,15,17-19H,2,6-9,12-14H2,1H3. The molecule has 110 valence electrons. The van der Waals surface area contributed by atoms with E-state index in [1.54, 1.807) is 0 Å². The lowest BCUT2D eigenvalue weighted by Gasteiger charge is -2.41. The quantitative estimate of drug-likeness (QED) is 0.901. The molecule has 2 heteroatoms. The van der Waals surface area contributed by atoms with Crippen LogP contribution in [0.2, 0.25) is 0 Å². The molecule has 0 aromatic heterocycles. The Hall–Kier alpha value is -0.860. The fraction of sp³-hybridized carbons (Fsp3) is 0.667. The molecule has 2 fully saturated rings. The fourth-order valence-electron chi connectivity index (χ4n) is 3.89. The highest BCUT2D eigenvalue weighted by molar-refractivity contribution is 5.20. The van der Waals surface area contributed by atoms with Crippen LogP contribution in [-0.4, -0.2) is 30.6 Å². The molecule has 0 spiro atoms. The Morgan fingerprint density at radius 3 is 2.60 bits per heavy atom. The maximum atomic E-state index is 3.73. The van der Waals surface area contributed by atoms with Crippen molar-refractivity contribution in [1.82, 2.24) is 10.2 Å². The van der Waals surface area contributed by atoms with E-state index in [0.717, 1.165) is 12.5 Å². The Kier molecular flexibility index (Phi) is 4.74. The van der Waals surface area contributed by atoms with Crippen LogP contribution < -0.4 is 5.32 Å². The van der Waals surface area contributed by atoms with Crippen LogP contribution in [0.5, 0.6) is 0 Å². The van der Waals surface area contributed by atoms with Crippen LogP contribution in [0.4, 0.5) is 0 Å². The molecule has 1 aromatic rings. The molecule has 2 aliphatic rings. The van der Waals surface area contributed by atoms with E-state index in [4.69, 9.17) is 0 Å². The molecule has 20 heavy (non-hydrogen) atoms. The SMILES string of the molecule is CCC1CN(CC2CCCC2)C(c2ccccc2)CN1. The minimum Gasteiger partial charge on any atom is -0.311 e. The third-order valence-corrected chi connectivity index (χ3v) is 5.14. The summed E-state index contributed by atoms with van der Waals surface area (Å²) in [6.45, 7) is 5.92. The summed E-state index contributed by atoms with van der Waals surface area (Å²) in [5.41, 5.74) is 1.48. The molecule has 1 aromatic carbocycles. The van der Waals surface area contributed by atoms with Crippen molar-refractivity contribution < 1.29 is 0 Å². The van der Waals surface area contributed by atoms with Gasteiger partial charge in [-0.05, 0) is 30.7 Å². The molecule has 0 radical (unpaired) electrons. The van der Waals surface area contributed by atoms with Crippen molar-refractivity contribution >= 4 is 0 Å². The number of benzene rings is 1. The second-order valence-corrected chi connectivity index (χ2v) is 6.54. The average molecular weight is 272 g/mol.